The van der Waals surface area contributed by atoms with Gasteiger partial charge in [-0.3, -0.25) is 13.7 Å². The topological polar surface area (TPSA) is 81.1 Å². The Balaban J connectivity index is 0.000000110. The number of imidazole rings is 3. The molecule has 3 aromatic heterocycles. The molecule has 3 aliphatic heterocycles. The van der Waals surface area contributed by atoms with E-state index in [1.807, 2.05) is 66.7 Å². The second kappa shape index (κ2) is 32.7. The van der Waals surface area contributed by atoms with Gasteiger partial charge < -0.3 is 14.2 Å². The van der Waals surface area contributed by atoms with E-state index < -0.39 is 0 Å². The highest BCUT2D eigenvalue weighted by molar-refractivity contribution is 6.23. The average molecular weight is 1760 g/mol. The maximum absolute atomic E-state index is 6.77. The summed E-state index contributed by atoms with van der Waals surface area (Å²) in [4.78, 5) is 15.1. The Morgan fingerprint density at radius 2 is 0.420 bits per heavy atom. The first-order chi connectivity index (χ1) is 68.4. The first-order valence-corrected chi connectivity index (χ1v) is 46.8. The van der Waals surface area contributed by atoms with E-state index in [4.69, 9.17) is 29.2 Å². The molecule has 26 aromatic rings. The van der Waals surface area contributed by atoms with Gasteiger partial charge in [0, 0.05) is 33.4 Å². The fraction of sp³-hybridized carbons (Fsp3) is 0. The molecule has 0 N–H and O–H groups in total. The summed E-state index contributed by atoms with van der Waals surface area (Å²) in [6, 6.07) is 172. The highest BCUT2D eigenvalue weighted by Gasteiger charge is 2.32. The number of aromatic nitrogens is 6. The zero-order chi connectivity index (χ0) is 90.8. The highest BCUT2D eigenvalue weighted by Crippen LogP contribution is 2.54. The highest BCUT2D eigenvalue weighted by atomic mass is 16.5. The number of nitrogens with zero attached hydrogens (tertiary/aromatic N) is 6. The summed E-state index contributed by atoms with van der Waals surface area (Å²) >= 11 is 0. The molecule has 0 atom stereocenters. The minimum Gasteiger partial charge on any atom is -0.452 e. The van der Waals surface area contributed by atoms with E-state index >= 15 is 0 Å². The van der Waals surface area contributed by atoms with Crippen molar-refractivity contribution in [3.05, 3.63) is 485 Å². The summed E-state index contributed by atoms with van der Waals surface area (Å²) in [7, 11) is 0. The van der Waals surface area contributed by atoms with Crippen LogP contribution < -0.4 is 14.2 Å². The SMILES string of the molecule is c1ccc(-c2ccc3cc(-c4cccc5c4Oc4cccc6nc(-c7ccccc7)n-5c46)ccc3c2)cc1.c1ccc(-c2nc3cccc4c3n2-c2cccc(-c3ccc(-c5ccc6c(-c7ccc8ccccc8c7)c7ccccc7c(-c7ccc8ccccc8c7)c6c5)cc3)c2O4)cc1.c1ccc(-c2nc3cccc4c3n2-c2cccc(-c3ccc(-c5ccc6ccccc6c5)cc3)c2O4)cc1. The van der Waals surface area contributed by atoms with Crippen molar-refractivity contribution in [2.45, 2.75) is 0 Å². The largest absolute Gasteiger partial charge is 0.452 e. The van der Waals surface area contributed by atoms with Crippen LogP contribution in [0.1, 0.15) is 0 Å². The van der Waals surface area contributed by atoms with Crippen LogP contribution in [0.15, 0.2) is 485 Å². The summed E-state index contributed by atoms with van der Waals surface area (Å²) in [6.07, 6.45) is 0. The lowest BCUT2D eigenvalue weighted by molar-refractivity contribution is 0.477. The fourth-order valence-electron chi connectivity index (χ4n) is 21.0. The molecule has 0 radical (unpaired) electrons. The fourth-order valence-corrected chi connectivity index (χ4v) is 21.0. The van der Waals surface area contributed by atoms with Gasteiger partial charge in [0.05, 0.1) is 33.6 Å². The van der Waals surface area contributed by atoms with Gasteiger partial charge in [0.2, 0.25) is 0 Å². The van der Waals surface area contributed by atoms with Crippen LogP contribution in [0.3, 0.4) is 0 Å². The first-order valence-electron chi connectivity index (χ1n) is 46.8. The van der Waals surface area contributed by atoms with Crippen molar-refractivity contribution >= 4 is 97.7 Å². The normalized spacial score (nSPS) is 11.9. The Morgan fingerprint density at radius 3 is 0.819 bits per heavy atom. The quantitative estimate of drug-likeness (QED) is 0.120. The van der Waals surface area contributed by atoms with Crippen molar-refractivity contribution in [3.63, 3.8) is 0 Å². The predicted molar refractivity (Wildman–Crippen MR) is 568 cm³/mol. The number of ether oxygens (including phenoxy) is 3. The number of para-hydroxylation sites is 6. The standard InChI is InChI=1S/C59H36N2O.2C35H22N2O/c1-2-14-41(15-3-1)59-60-52-21-11-23-54-57(52)61(59)53-22-10-20-47(58(53)62-54)40-28-24-39(25-29-40)44-32-33-50-51(36-44)56(46-31-27-38-13-5-7-17-43(38)35-46)49-19-9-8-18-48(49)55(50)45-30-26-37-12-4-6-16-42(37)34-45;1-3-9-23(10-4-1)25-17-18-27-22-28(20-19-26(27)21-25)29-13-7-15-31-34(29)38-32-16-8-14-30-33(32)37(31)35(36-30)24-11-5-2-6-12-24;1-2-9-26(10-3-1)35-36-30-13-7-15-32-33(30)37(35)31-14-6-12-29(34(31)38-32)25-19-16-24(17-20-25)28-21-18-23-8-4-5-11-27(23)22-28/h1-36H;2*1-22H. The van der Waals surface area contributed by atoms with Gasteiger partial charge in [-0.05, 0) is 228 Å². The van der Waals surface area contributed by atoms with E-state index in [2.05, 4.69) is 432 Å². The van der Waals surface area contributed by atoms with Gasteiger partial charge >= 0.3 is 0 Å². The van der Waals surface area contributed by atoms with Gasteiger partial charge in [-0.2, -0.15) is 0 Å². The van der Waals surface area contributed by atoms with Crippen LogP contribution in [0.25, 0.3) is 238 Å². The molecule has 3 aliphatic rings. The third kappa shape index (κ3) is 13.5. The van der Waals surface area contributed by atoms with E-state index in [1.54, 1.807) is 0 Å². The Morgan fingerprint density at radius 1 is 0.159 bits per heavy atom. The zero-order valence-corrected chi connectivity index (χ0v) is 74.6. The maximum Gasteiger partial charge on any atom is 0.159 e. The maximum atomic E-state index is 6.77. The van der Waals surface area contributed by atoms with Gasteiger partial charge in [0.15, 0.2) is 34.5 Å². The lowest BCUT2D eigenvalue weighted by Gasteiger charge is -2.23. The van der Waals surface area contributed by atoms with Gasteiger partial charge in [-0.15, -0.1) is 0 Å². The van der Waals surface area contributed by atoms with Crippen LogP contribution in [0, 0.1) is 0 Å². The molecule has 0 saturated heterocycles. The smallest absolute Gasteiger partial charge is 0.159 e. The summed E-state index contributed by atoms with van der Waals surface area (Å²) < 4.78 is 26.7. The van der Waals surface area contributed by atoms with E-state index in [9.17, 15) is 0 Å². The number of fused-ring (bicyclic) bond motifs is 12. The van der Waals surface area contributed by atoms with E-state index in [0.29, 0.717) is 0 Å². The number of hydrogen-bond donors (Lipinski definition) is 0. The molecule has 0 fully saturated rings. The minimum atomic E-state index is 0.808. The molecule has 0 amide bonds. The Hall–Kier alpha value is -18.6. The molecule has 0 bridgehead atoms. The van der Waals surface area contributed by atoms with Crippen molar-refractivity contribution in [1.82, 2.24) is 28.7 Å². The molecule has 9 nitrogen and oxygen atoms in total. The summed E-state index contributed by atoms with van der Waals surface area (Å²) in [5.74, 6) is 7.72. The van der Waals surface area contributed by atoms with Crippen LogP contribution >= 0.6 is 0 Å². The van der Waals surface area contributed by atoms with Crippen LogP contribution in [0.4, 0.5) is 0 Å². The average Bonchev–Trinajstić information content (AvgIpc) is 0.786. The zero-order valence-electron chi connectivity index (χ0n) is 74.6. The van der Waals surface area contributed by atoms with Crippen molar-refractivity contribution < 1.29 is 14.2 Å². The van der Waals surface area contributed by atoms with Crippen LogP contribution in [-0.2, 0) is 0 Å². The van der Waals surface area contributed by atoms with Crippen molar-refractivity contribution in [1.29, 1.82) is 0 Å². The molecule has 0 spiro atoms. The number of hydrogen-bond acceptors (Lipinski definition) is 6. The van der Waals surface area contributed by atoms with Crippen LogP contribution in [-0.4, -0.2) is 28.7 Å². The van der Waals surface area contributed by atoms with E-state index in [-0.39, 0.29) is 0 Å². The third-order valence-corrected chi connectivity index (χ3v) is 27.5. The van der Waals surface area contributed by atoms with E-state index in [1.165, 1.54) is 115 Å². The second-order valence-electron chi connectivity index (χ2n) is 35.6. The van der Waals surface area contributed by atoms with Crippen molar-refractivity contribution in [3.8, 4) is 175 Å². The van der Waals surface area contributed by atoms with Gasteiger partial charge in [0.1, 0.15) is 34.0 Å². The third-order valence-electron chi connectivity index (χ3n) is 27.5. The van der Waals surface area contributed by atoms with Crippen LogP contribution in [0.2, 0.25) is 0 Å². The molecule has 0 saturated carbocycles. The molecule has 6 heterocycles. The van der Waals surface area contributed by atoms with Crippen molar-refractivity contribution in [2.75, 3.05) is 0 Å². The first kappa shape index (κ1) is 79.2. The minimum absolute atomic E-state index is 0.808. The van der Waals surface area contributed by atoms with Gasteiger partial charge in [-0.25, -0.2) is 15.0 Å². The summed E-state index contributed by atoms with van der Waals surface area (Å²) in [5, 5.41) is 14.8. The molecule has 29 rings (SSSR count). The predicted octanol–water partition coefficient (Wildman–Crippen LogP) is 34.6. The second-order valence-corrected chi connectivity index (χ2v) is 35.6. The summed E-state index contributed by atoms with van der Waals surface area (Å²) in [5.41, 5.74) is 30.6. The lowest BCUT2D eigenvalue weighted by Crippen LogP contribution is -2.06. The lowest BCUT2D eigenvalue weighted by atomic mass is 9.84. The molecule has 9 heteroatoms. The molecule has 138 heavy (non-hydrogen) atoms. The van der Waals surface area contributed by atoms with E-state index in [0.717, 1.165) is 158 Å². The van der Waals surface area contributed by atoms with Crippen molar-refractivity contribution in [2.24, 2.45) is 0 Å². The summed E-state index contributed by atoms with van der Waals surface area (Å²) in [6.45, 7) is 0. The molecule has 23 aromatic carbocycles. The molecular formula is C129H80N6O3. The Kier molecular flexibility index (Phi) is 18.8. The monoisotopic (exact) mass is 1760 g/mol. The number of rotatable bonds is 11. The molecule has 0 aliphatic carbocycles. The molecule has 0 unspecified atom stereocenters. The van der Waals surface area contributed by atoms with Gasteiger partial charge in [0.25, 0.3) is 0 Å². The van der Waals surface area contributed by atoms with Gasteiger partial charge in [-0.1, -0.05) is 394 Å². The van der Waals surface area contributed by atoms with Crippen LogP contribution in [0.5, 0.6) is 34.5 Å². The number of benzene rings is 23. The Bertz CT molecular complexity index is 9410. The molecular weight excluding hydrogens is 1680 g/mol. The Labute approximate surface area is 795 Å². The molecule has 644 valence electrons.